The number of nitrogens with zero attached hydrogens (tertiary/aromatic N) is 2. The second-order valence-electron chi connectivity index (χ2n) is 5.60. The van der Waals surface area contributed by atoms with Gasteiger partial charge in [-0.1, -0.05) is 6.92 Å². The van der Waals surface area contributed by atoms with Crippen LogP contribution in [0.2, 0.25) is 0 Å². The zero-order chi connectivity index (χ0) is 11.4. The molecule has 2 saturated heterocycles. The van der Waals surface area contributed by atoms with Gasteiger partial charge < -0.3 is 10.6 Å². The lowest BCUT2D eigenvalue weighted by Gasteiger charge is -2.34. The van der Waals surface area contributed by atoms with Gasteiger partial charge in [0.05, 0.1) is 0 Å². The van der Waals surface area contributed by atoms with E-state index in [1.165, 1.54) is 51.9 Å². The topological polar surface area (TPSA) is 32.5 Å². The summed E-state index contributed by atoms with van der Waals surface area (Å²) in [7, 11) is 0. The van der Waals surface area contributed by atoms with Gasteiger partial charge in [-0.25, -0.2) is 0 Å². The molecule has 0 radical (unpaired) electrons. The molecule has 0 amide bonds. The Bertz CT molecular complexity index is 199. The van der Waals surface area contributed by atoms with Gasteiger partial charge in [0.15, 0.2) is 0 Å². The molecule has 0 aromatic rings. The maximum atomic E-state index is 5.67. The van der Waals surface area contributed by atoms with Crippen LogP contribution in [0, 0.1) is 5.92 Å². The van der Waals surface area contributed by atoms with Crippen LogP contribution in [0.4, 0.5) is 0 Å². The predicted octanol–water partition coefficient (Wildman–Crippen LogP) is 1.14. The van der Waals surface area contributed by atoms with Crippen LogP contribution in [0.25, 0.3) is 0 Å². The van der Waals surface area contributed by atoms with Crippen LogP contribution in [0.5, 0.6) is 0 Å². The summed E-state index contributed by atoms with van der Waals surface area (Å²) in [5.74, 6) is 0.944. The molecule has 2 rings (SSSR count). The van der Waals surface area contributed by atoms with E-state index in [1.807, 2.05) is 0 Å². The maximum absolute atomic E-state index is 5.67. The Kier molecular flexibility index (Phi) is 4.62. The highest BCUT2D eigenvalue weighted by atomic mass is 15.2. The summed E-state index contributed by atoms with van der Waals surface area (Å²) in [5.41, 5.74) is 5.67. The van der Waals surface area contributed by atoms with Gasteiger partial charge in [-0.15, -0.1) is 0 Å². The minimum Gasteiger partial charge on any atom is -0.329 e. The zero-order valence-corrected chi connectivity index (χ0v) is 10.7. The minimum atomic E-state index is 0.789. The summed E-state index contributed by atoms with van der Waals surface area (Å²) < 4.78 is 0. The van der Waals surface area contributed by atoms with E-state index in [2.05, 4.69) is 16.7 Å². The lowest BCUT2D eigenvalue weighted by molar-refractivity contribution is 0.138. The van der Waals surface area contributed by atoms with Gasteiger partial charge in [-0.2, -0.15) is 0 Å². The Labute approximate surface area is 100.0 Å². The highest BCUT2D eigenvalue weighted by Crippen LogP contribution is 2.21. The highest BCUT2D eigenvalue weighted by Gasteiger charge is 2.26. The first-order chi connectivity index (χ1) is 7.79. The van der Waals surface area contributed by atoms with E-state index in [0.717, 1.165) is 25.0 Å². The molecule has 2 aliphatic heterocycles. The van der Waals surface area contributed by atoms with Crippen LogP contribution in [0.1, 0.15) is 32.6 Å². The SMILES string of the molecule is CC1CCN(CC2CCCN2CCN)CC1. The van der Waals surface area contributed by atoms with Crippen LogP contribution >= 0.6 is 0 Å². The van der Waals surface area contributed by atoms with E-state index in [4.69, 9.17) is 5.73 Å². The van der Waals surface area contributed by atoms with E-state index >= 15 is 0 Å². The van der Waals surface area contributed by atoms with Crippen molar-refractivity contribution in [3.8, 4) is 0 Å². The van der Waals surface area contributed by atoms with Crippen molar-refractivity contribution in [1.82, 2.24) is 9.80 Å². The predicted molar refractivity (Wildman–Crippen MR) is 68.5 cm³/mol. The number of piperidine rings is 1. The number of hydrogen-bond donors (Lipinski definition) is 1. The van der Waals surface area contributed by atoms with E-state index in [0.29, 0.717) is 0 Å². The van der Waals surface area contributed by atoms with E-state index in [9.17, 15) is 0 Å². The standard InChI is InChI=1S/C13H27N3/c1-12-4-8-15(9-5-12)11-13-3-2-7-16(13)10-6-14/h12-13H,2-11,14H2,1H3. The lowest BCUT2D eigenvalue weighted by Crippen LogP contribution is -2.44. The molecule has 16 heavy (non-hydrogen) atoms. The van der Waals surface area contributed by atoms with Crippen LogP contribution < -0.4 is 5.73 Å². The van der Waals surface area contributed by atoms with Crippen molar-refractivity contribution in [2.45, 2.75) is 38.6 Å². The Balaban J connectivity index is 1.75. The summed E-state index contributed by atoms with van der Waals surface area (Å²) in [4.78, 5) is 5.26. The third kappa shape index (κ3) is 3.19. The Morgan fingerprint density at radius 3 is 2.56 bits per heavy atom. The first-order valence-electron chi connectivity index (χ1n) is 6.96. The van der Waals surface area contributed by atoms with Crippen molar-refractivity contribution < 1.29 is 0 Å². The summed E-state index contributed by atoms with van der Waals surface area (Å²) in [6.45, 7) is 9.47. The zero-order valence-electron chi connectivity index (χ0n) is 10.7. The first-order valence-corrected chi connectivity index (χ1v) is 6.96. The normalized spacial score (nSPS) is 30.0. The third-order valence-electron chi connectivity index (χ3n) is 4.26. The molecule has 1 unspecified atom stereocenters. The van der Waals surface area contributed by atoms with Crippen molar-refractivity contribution in [1.29, 1.82) is 0 Å². The van der Waals surface area contributed by atoms with Crippen molar-refractivity contribution in [2.24, 2.45) is 11.7 Å². The largest absolute Gasteiger partial charge is 0.329 e. The second kappa shape index (κ2) is 5.99. The molecule has 0 spiro atoms. The van der Waals surface area contributed by atoms with Gasteiger partial charge in [0, 0.05) is 25.7 Å². The fourth-order valence-corrected chi connectivity index (χ4v) is 3.10. The van der Waals surface area contributed by atoms with Crippen LogP contribution in [-0.4, -0.2) is 55.1 Å². The van der Waals surface area contributed by atoms with Crippen molar-refractivity contribution in [3.05, 3.63) is 0 Å². The monoisotopic (exact) mass is 225 g/mol. The van der Waals surface area contributed by atoms with Gasteiger partial charge in [-0.3, -0.25) is 4.90 Å². The number of rotatable bonds is 4. The molecule has 0 aromatic carbocycles. The van der Waals surface area contributed by atoms with E-state index in [1.54, 1.807) is 0 Å². The Morgan fingerprint density at radius 1 is 1.12 bits per heavy atom. The number of nitrogens with two attached hydrogens (primary N) is 1. The molecule has 0 aliphatic carbocycles. The fourth-order valence-electron chi connectivity index (χ4n) is 3.10. The van der Waals surface area contributed by atoms with Gasteiger partial charge >= 0.3 is 0 Å². The molecule has 3 nitrogen and oxygen atoms in total. The molecule has 2 fully saturated rings. The van der Waals surface area contributed by atoms with E-state index in [-0.39, 0.29) is 0 Å². The van der Waals surface area contributed by atoms with Crippen molar-refractivity contribution in [2.75, 3.05) is 39.3 Å². The van der Waals surface area contributed by atoms with Gasteiger partial charge in [0.1, 0.15) is 0 Å². The first kappa shape index (κ1) is 12.3. The maximum Gasteiger partial charge on any atom is 0.0224 e. The Morgan fingerprint density at radius 2 is 1.88 bits per heavy atom. The Hall–Kier alpha value is -0.120. The van der Waals surface area contributed by atoms with Gasteiger partial charge in [0.2, 0.25) is 0 Å². The molecular weight excluding hydrogens is 198 g/mol. The van der Waals surface area contributed by atoms with Gasteiger partial charge in [-0.05, 0) is 51.2 Å². The van der Waals surface area contributed by atoms with E-state index < -0.39 is 0 Å². The van der Waals surface area contributed by atoms with Crippen molar-refractivity contribution in [3.63, 3.8) is 0 Å². The molecule has 1 atom stereocenters. The highest BCUT2D eigenvalue weighted by molar-refractivity contribution is 4.83. The van der Waals surface area contributed by atoms with Crippen LogP contribution in [0.15, 0.2) is 0 Å². The number of hydrogen-bond acceptors (Lipinski definition) is 3. The smallest absolute Gasteiger partial charge is 0.0224 e. The summed E-state index contributed by atoms with van der Waals surface area (Å²) in [5, 5.41) is 0. The summed E-state index contributed by atoms with van der Waals surface area (Å²) in [6, 6.07) is 0.789. The van der Waals surface area contributed by atoms with Crippen LogP contribution in [-0.2, 0) is 0 Å². The average molecular weight is 225 g/mol. The summed E-state index contributed by atoms with van der Waals surface area (Å²) in [6.07, 6.45) is 5.54. The van der Waals surface area contributed by atoms with Crippen LogP contribution in [0.3, 0.4) is 0 Å². The molecule has 0 saturated carbocycles. The fraction of sp³-hybridized carbons (Fsp3) is 1.00. The average Bonchev–Trinajstić information content (AvgIpc) is 2.70. The third-order valence-corrected chi connectivity index (χ3v) is 4.26. The molecule has 3 heteroatoms. The lowest BCUT2D eigenvalue weighted by atomic mass is 9.99. The van der Waals surface area contributed by atoms with Crippen molar-refractivity contribution >= 4 is 0 Å². The molecule has 0 bridgehead atoms. The molecule has 94 valence electrons. The summed E-state index contributed by atoms with van der Waals surface area (Å²) >= 11 is 0. The minimum absolute atomic E-state index is 0.789. The second-order valence-corrected chi connectivity index (χ2v) is 5.60. The molecule has 2 N–H and O–H groups in total. The molecule has 2 heterocycles. The molecular formula is C13H27N3. The molecule has 2 aliphatic rings. The van der Waals surface area contributed by atoms with Gasteiger partial charge in [0.25, 0.3) is 0 Å². The number of likely N-dealkylation sites (tertiary alicyclic amines) is 2. The molecule has 0 aromatic heterocycles. The quantitative estimate of drug-likeness (QED) is 0.779.